The monoisotopic (exact) mass is 515 g/mol. The highest BCUT2D eigenvalue weighted by Gasteiger charge is 2.39. The number of hydrogen-bond donors (Lipinski definition) is 1. The quantitative estimate of drug-likeness (QED) is 0.270. The zero-order valence-electron chi connectivity index (χ0n) is 17.6. The number of H-pyrrole nitrogens is 1. The summed E-state index contributed by atoms with van der Waals surface area (Å²) in [4.78, 5) is 15.8. The molecule has 0 atom stereocenters. The molecule has 176 valence electrons. The van der Waals surface area contributed by atoms with Crippen molar-refractivity contribution in [3.05, 3.63) is 105 Å². The molecule has 3 aromatic carbocycles. The first-order valence-corrected chi connectivity index (χ1v) is 11.0. The van der Waals surface area contributed by atoms with Gasteiger partial charge in [0.1, 0.15) is 17.1 Å². The highest BCUT2D eigenvalue weighted by Crippen LogP contribution is 2.40. The number of benzene rings is 3. The molecule has 0 saturated carbocycles. The van der Waals surface area contributed by atoms with Crippen molar-refractivity contribution < 1.29 is 17.9 Å². The number of alkyl halides is 3. The summed E-state index contributed by atoms with van der Waals surface area (Å²) in [6.45, 7) is 0. The van der Waals surface area contributed by atoms with Crippen molar-refractivity contribution in [1.29, 1.82) is 0 Å². The predicted molar refractivity (Wildman–Crippen MR) is 128 cm³/mol. The average Bonchev–Trinajstić information content (AvgIpc) is 3.23. The van der Waals surface area contributed by atoms with Crippen LogP contribution in [0, 0.1) is 0 Å². The van der Waals surface area contributed by atoms with Crippen molar-refractivity contribution in [3.63, 3.8) is 0 Å². The second kappa shape index (κ2) is 8.79. The van der Waals surface area contributed by atoms with Gasteiger partial charge in [-0.2, -0.15) is 22.8 Å². The topological polar surface area (TPSA) is 59.4 Å². The maximum atomic E-state index is 13.9. The van der Waals surface area contributed by atoms with Gasteiger partial charge in [-0.25, -0.2) is 0 Å². The minimum absolute atomic E-state index is 0.0703. The first-order valence-electron chi connectivity index (χ1n) is 10.2. The summed E-state index contributed by atoms with van der Waals surface area (Å²) < 4.78 is 48.2. The number of ether oxygens (including phenoxy) is 1. The minimum atomic E-state index is -4.82. The van der Waals surface area contributed by atoms with E-state index in [1.165, 1.54) is 24.3 Å². The van der Waals surface area contributed by atoms with Gasteiger partial charge in [0.15, 0.2) is 5.69 Å². The number of aromatic amines is 1. The lowest BCUT2D eigenvalue weighted by Gasteiger charge is -2.10. The van der Waals surface area contributed by atoms with Crippen LogP contribution in [0.25, 0.3) is 28.0 Å². The van der Waals surface area contributed by atoms with Gasteiger partial charge in [0.25, 0.3) is 5.56 Å². The van der Waals surface area contributed by atoms with E-state index in [2.05, 4.69) is 10.1 Å². The standard InChI is InChI=1S/C25H14Cl2F3N3O2/c26-18-10-9-15(12-19(18)27)22-23(25(28,29)30)32-33-21(34)13-20(31-24(22)33)14-5-4-8-17(11-14)35-16-6-2-1-3-7-16/h1-13,31H. The summed E-state index contributed by atoms with van der Waals surface area (Å²) in [5.74, 6) is 1.10. The number of nitrogens with zero attached hydrogens (tertiary/aromatic N) is 2. The van der Waals surface area contributed by atoms with Crippen molar-refractivity contribution in [2.24, 2.45) is 0 Å². The predicted octanol–water partition coefficient (Wildman–Crippen LogP) is 7.47. The number of hydrogen-bond acceptors (Lipinski definition) is 3. The molecule has 0 bridgehead atoms. The highest BCUT2D eigenvalue weighted by atomic mass is 35.5. The fraction of sp³-hybridized carbons (Fsp3) is 0.0400. The minimum Gasteiger partial charge on any atom is -0.457 e. The van der Waals surface area contributed by atoms with Gasteiger partial charge < -0.3 is 9.72 Å². The molecule has 0 unspecified atom stereocenters. The van der Waals surface area contributed by atoms with Gasteiger partial charge in [-0.05, 0) is 42.0 Å². The van der Waals surface area contributed by atoms with E-state index in [9.17, 15) is 18.0 Å². The number of aromatic nitrogens is 3. The van der Waals surface area contributed by atoms with Crippen molar-refractivity contribution in [3.8, 4) is 33.9 Å². The maximum Gasteiger partial charge on any atom is 0.435 e. The SMILES string of the molecule is O=c1cc(-c2cccc(Oc3ccccc3)c2)[nH]c2c(-c3ccc(Cl)c(Cl)c3)c(C(F)(F)F)nn12. The van der Waals surface area contributed by atoms with Gasteiger partial charge in [-0.3, -0.25) is 4.79 Å². The fourth-order valence-electron chi connectivity index (χ4n) is 3.67. The lowest BCUT2D eigenvalue weighted by molar-refractivity contribution is -0.140. The summed E-state index contributed by atoms with van der Waals surface area (Å²) in [5.41, 5.74) is -1.47. The van der Waals surface area contributed by atoms with Gasteiger partial charge in [0.2, 0.25) is 0 Å². The molecular formula is C25H14Cl2F3N3O2. The zero-order chi connectivity index (χ0) is 24.7. The molecule has 1 N–H and O–H groups in total. The summed E-state index contributed by atoms with van der Waals surface area (Å²) in [5, 5.41) is 3.82. The van der Waals surface area contributed by atoms with E-state index < -0.39 is 17.4 Å². The average molecular weight is 516 g/mol. The van der Waals surface area contributed by atoms with Gasteiger partial charge in [0.05, 0.1) is 21.3 Å². The van der Waals surface area contributed by atoms with E-state index in [0.717, 1.165) is 0 Å². The Bertz CT molecular complexity index is 1610. The number of rotatable bonds is 4. The fourth-order valence-corrected chi connectivity index (χ4v) is 3.97. The van der Waals surface area contributed by atoms with Crippen LogP contribution in [0.15, 0.2) is 83.7 Å². The van der Waals surface area contributed by atoms with Gasteiger partial charge in [-0.1, -0.05) is 59.6 Å². The number of halogens is 5. The summed E-state index contributed by atoms with van der Waals surface area (Å²) in [6.07, 6.45) is -4.82. The lowest BCUT2D eigenvalue weighted by atomic mass is 10.1. The summed E-state index contributed by atoms with van der Waals surface area (Å²) in [7, 11) is 0. The molecule has 5 nitrogen and oxygen atoms in total. The van der Waals surface area contributed by atoms with Crippen molar-refractivity contribution in [1.82, 2.24) is 14.6 Å². The van der Waals surface area contributed by atoms with Crippen molar-refractivity contribution >= 4 is 28.8 Å². The van der Waals surface area contributed by atoms with E-state index in [0.29, 0.717) is 21.6 Å². The Hall–Kier alpha value is -3.75. The lowest BCUT2D eigenvalue weighted by Crippen LogP contribution is -2.15. The van der Waals surface area contributed by atoms with E-state index in [-0.39, 0.29) is 32.5 Å². The van der Waals surface area contributed by atoms with Crippen LogP contribution >= 0.6 is 23.2 Å². The third kappa shape index (κ3) is 4.50. The third-order valence-corrected chi connectivity index (χ3v) is 5.95. The number of para-hydroxylation sites is 1. The molecule has 0 saturated heterocycles. The Morgan fingerprint density at radius 1 is 0.829 bits per heavy atom. The normalized spacial score (nSPS) is 11.7. The molecule has 0 aliphatic carbocycles. The molecule has 10 heteroatoms. The van der Waals surface area contributed by atoms with E-state index in [4.69, 9.17) is 27.9 Å². The second-order valence-corrected chi connectivity index (χ2v) is 8.39. The van der Waals surface area contributed by atoms with Crippen LogP contribution in [-0.4, -0.2) is 14.6 Å². The van der Waals surface area contributed by atoms with Gasteiger partial charge in [0, 0.05) is 11.6 Å². The number of fused-ring (bicyclic) bond motifs is 1. The van der Waals surface area contributed by atoms with Gasteiger partial charge in [-0.15, -0.1) is 0 Å². The second-order valence-electron chi connectivity index (χ2n) is 7.57. The van der Waals surface area contributed by atoms with Gasteiger partial charge >= 0.3 is 6.18 Å². The Kier molecular flexibility index (Phi) is 5.78. The van der Waals surface area contributed by atoms with Crippen molar-refractivity contribution in [2.75, 3.05) is 0 Å². The molecule has 35 heavy (non-hydrogen) atoms. The smallest absolute Gasteiger partial charge is 0.435 e. The molecule has 5 rings (SSSR count). The van der Waals surface area contributed by atoms with Crippen LogP contribution in [0.4, 0.5) is 13.2 Å². The Morgan fingerprint density at radius 3 is 2.29 bits per heavy atom. The summed E-state index contributed by atoms with van der Waals surface area (Å²) in [6, 6.07) is 21.2. The van der Waals surface area contributed by atoms with Crippen LogP contribution in [0.2, 0.25) is 10.0 Å². The third-order valence-electron chi connectivity index (χ3n) is 5.22. The maximum absolute atomic E-state index is 13.9. The Labute approximate surface area is 206 Å². The highest BCUT2D eigenvalue weighted by molar-refractivity contribution is 6.42. The molecule has 0 spiro atoms. The van der Waals surface area contributed by atoms with Crippen LogP contribution in [-0.2, 0) is 6.18 Å². The first kappa shape index (κ1) is 23.0. The first-order chi connectivity index (χ1) is 16.7. The molecule has 5 aromatic rings. The van der Waals surface area contributed by atoms with Crippen LogP contribution in [0.1, 0.15) is 5.69 Å². The molecule has 0 radical (unpaired) electrons. The molecule has 2 heterocycles. The van der Waals surface area contributed by atoms with Crippen LogP contribution in [0.5, 0.6) is 11.5 Å². The van der Waals surface area contributed by atoms with Crippen molar-refractivity contribution in [2.45, 2.75) is 6.18 Å². The molecule has 0 amide bonds. The molecule has 0 aliphatic heterocycles. The number of nitrogens with one attached hydrogen (secondary N) is 1. The zero-order valence-corrected chi connectivity index (χ0v) is 19.1. The Morgan fingerprint density at radius 2 is 1.57 bits per heavy atom. The molecular weight excluding hydrogens is 502 g/mol. The Balaban J connectivity index is 1.69. The largest absolute Gasteiger partial charge is 0.457 e. The molecule has 0 fully saturated rings. The van der Waals surface area contributed by atoms with Crippen LogP contribution < -0.4 is 10.3 Å². The molecule has 2 aromatic heterocycles. The van der Waals surface area contributed by atoms with E-state index in [1.54, 1.807) is 36.4 Å². The molecule has 0 aliphatic rings. The van der Waals surface area contributed by atoms with E-state index in [1.807, 2.05) is 18.2 Å². The van der Waals surface area contributed by atoms with E-state index >= 15 is 0 Å². The van der Waals surface area contributed by atoms with Crippen LogP contribution in [0.3, 0.4) is 0 Å². The summed E-state index contributed by atoms with van der Waals surface area (Å²) >= 11 is 12.0.